The van der Waals surface area contributed by atoms with E-state index in [9.17, 15) is 0 Å². The zero-order chi connectivity index (χ0) is 16.4. The molecule has 0 saturated heterocycles. The van der Waals surface area contributed by atoms with Gasteiger partial charge in [0.25, 0.3) is 0 Å². The summed E-state index contributed by atoms with van der Waals surface area (Å²) in [4.78, 5) is 9.83. The van der Waals surface area contributed by atoms with Crippen LogP contribution in [-0.2, 0) is 17.8 Å². The van der Waals surface area contributed by atoms with Gasteiger partial charge in [-0.2, -0.15) is 0 Å². The van der Waals surface area contributed by atoms with Crippen molar-refractivity contribution < 1.29 is 4.74 Å². The number of nitrogens with zero attached hydrogens (tertiary/aromatic N) is 2. The Hall–Kier alpha value is -1.56. The maximum absolute atomic E-state index is 6.20. The summed E-state index contributed by atoms with van der Waals surface area (Å²) in [5.74, 6) is 0. The zero-order valence-corrected chi connectivity index (χ0v) is 14.4. The molecule has 1 fully saturated rings. The van der Waals surface area contributed by atoms with E-state index < -0.39 is 0 Å². The first kappa shape index (κ1) is 15.9. The lowest BCUT2D eigenvalue weighted by Crippen LogP contribution is -2.41. The number of anilines is 1. The van der Waals surface area contributed by atoms with Crippen LogP contribution in [-0.4, -0.2) is 35.3 Å². The smallest absolute Gasteiger partial charge is 0.0922 e. The highest BCUT2D eigenvalue weighted by Gasteiger charge is 2.27. The number of imidazole rings is 1. The van der Waals surface area contributed by atoms with E-state index in [0.29, 0.717) is 12.1 Å². The van der Waals surface area contributed by atoms with Gasteiger partial charge >= 0.3 is 0 Å². The first-order valence-electron chi connectivity index (χ1n) is 8.64. The molecule has 1 aromatic heterocycles. The zero-order valence-electron chi connectivity index (χ0n) is 13.7. The first-order valence-corrected chi connectivity index (χ1v) is 9.02. The molecule has 6 heteroatoms. The molecular formula is C18H23ClN4O. The van der Waals surface area contributed by atoms with Gasteiger partial charge in [0.15, 0.2) is 0 Å². The number of hydrogen-bond acceptors (Lipinski definition) is 4. The van der Waals surface area contributed by atoms with Crippen molar-refractivity contribution >= 4 is 17.3 Å². The molecule has 0 bridgehead atoms. The van der Waals surface area contributed by atoms with E-state index in [4.69, 9.17) is 16.3 Å². The van der Waals surface area contributed by atoms with Crippen molar-refractivity contribution in [3.63, 3.8) is 0 Å². The van der Waals surface area contributed by atoms with Crippen LogP contribution in [0, 0.1) is 0 Å². The van der Waals surface area contributed by atoms with Crippen LogP contribution in [0.5, 0.6) is 0 Å². The standard InChI is InChI=1S/C18H23ClN4O/c19-14-1-4-18-13(7-14)8-20-10-16(5-6-24-17-2-3-17)23(18)11-15-9-21-12-22-15/h1,4,7,9,12,16-17,20H,2-3,5-6,8,10-11H2,(H,21,22). The Morgan fingerprint density at radius 2 is 2.25 bits per heavy atom. The third kappa shape index (κ3) is 3.74. The molecule has 1 unspecified atom stereocenters. The van der Waals surface area contributed by atoms with E-state index in [1.165, 1.54) is 24.1 Å². The quantitative estimate of drug-likeness (QED) is 0.844. The van der Waals surface area contributed by atoms with Gasteiger partial charge in [-0.15, -0.1) is 0 Å². The average molecular weight is 347 g/mol. The number of H-pyrrole nitrogens is 1. The van der Waals surface area contributed by atoms with Gasteiger partial charge in [-0.25, -0.2) is 4.98 Å². The van der Waals surface area contributed by atoms with Crippen LogP contribution in [0.4, 0.5) is 5.69 Å². The number of aromatic amines is 1. The molecule has 1 aliphatic carbocycles. The van der Waals surface area contributed by atoms with Crippen molar-refractivity contribution in [1.29, 1.82) is 0 Å². The van der Waals surface area contributed by atoms with E-state index in [0.717, 1.165) is 43.4 Å². The molecule has 128 valence electrons. The molecule has 4 rings (SSSR count). The van der Waals surface area contributed by atoms with Crippen molar-refractivity contribution in [1.82, 2.24) is 15.3 Å². The summed E-state index contributed by atoms with van der Waals surface area (Å²) in [6.07, 6.45) is 7.60. The number of aromatic nitrogens is 2. The predicted molar refractivity (Wildman–Crippen MR) is 95.3 cm³/mol. The SMILES string of the molecule is Clc1ccc2c(c1)CNCC(CCOC1CC1)N2Cc1cnc[nH]1. The molecule has 24 heavy (non-hydrogen) atoms. The second-order valence-electron chi connectivity index (χ2n) is 6.62. The summed E-state index contributed by atoms with van der Waals surface area (Å²) in [6, 6.07) is 6.56. The molecule has 1 aromatic carbocycles. The van der Waals surface area contributed by atoms with E-state index in [1.54, 1.807) is 6.33 Å². The van der Waals surface area contributed by atoms with Gasteiger partial charge in [-0.1, -0.05) is 11.6 Å². The summed E-state index contributed by atoms with van der Waals surface area (Å²) in [6.45, 7) is 3.41. The van der Waals surface area contributed by atoms with Crippen LogP contribution >= 0.6 is 11.6 Å². The Labute approximate surface area is 147 Å². The topological polar surface area (TPSA) is 53.2 Å². The molecule has 0 radical (unpaired) electrons. The Morgan fingerprint density at radius 3 is 3.04 bits per heavy atom. The molecule has 0 spiro atoms. The van der Waals surface area contributed by atoms with Crippen LogP contribution in [0.25, 0.3) is 0 Å². The summed E-state index contributed by atoms with van der Waals surface area (Å²) < 4.78 is 5.89. The highest BCUT2D eigenvalue weighted by atomic mass is 35.5. The summed E-state index contributed by atoms with van der Waals surface area (Å²) in [7, 11) is 0. The van der Waals surface area contributed by atoms with Crippen LogP contribution in [0.3, 0.4) is 0 Å². The number of hydrogen-bond donors (Lipinski definition) is 2. The lowest BCUT2D eigenvalue weighted by molar-refractivity contribution is 0.112. The summed E-state index contributed by atoms with van der Waals surface area (Å²) in [5.41, 5.74) is 3.61. The van der Waals surface area contributed by atoms with E-state index >= 15 is 0 Å². The Kier molecular flexibility index (Phi) is 4.74. The number of rotatable bonds is 6. The fourth-order valence-corrected chi connectivity index (χ4v) is 3.48. The Bertz CT molecular complexity index is 672. The molecule has 2 N–H and O–H groups in total. The molecule has 1 saturated carbocycles. The van der Waals surface area contributed by atoms with Crippen LogP contribution in [0.1, 0.15) is 30.5 Å². The van der Waals surface area contributed by atoms with Gasteiger partial charge in [-0.05, 0) is 43.0 Å². The predicted octanol–water partition coefficient (Wildman–Crippen LogP) is 3.11. The minimum absolute atomic E-state index is 0.384. The molecule has 2 aliphatic rings. The number of nitrogens with one attached hydrogen (secondary N) is 2. The molecule has 2 aromatic rings. The van der Waals surface area contributed by atoms with Crippen molar-refractivity contribution in [2.75, 3.05) is 18.1 Å². The average Bonchev–Trinajstić information content (AvgIpc) is 3.28. The highest BCUT2D eigenvalue weighted by Crippen LogP contribution is 2.30. The summed E-state index contributed by atoms with van der Waals surface area (Å²) in [5, 5.41) is 4.35. The molecule has 5 nitrogen and oxygen atoms in total. The number of halogens is 1. The number of fused-ring (bicyclic) bond motifs is 1. The minimum Gasteiger partial charge on any atom is -0.378 e. The van der Waals surface area contributed by atoms with E-state index in [2.05, 4.69) is 32.3 Å². The molecular weight excluding hydrogens is 324 g/mol. The van der Waals surface area contributed by atoms with Crippen molar-refractivity contribution in [2.24, 2.45) is 0 Å². The minimum atomic E-state index is 0.384. The van der Waals surface area contributed by atoms with Gasteiger partial charge in [0.1, 0.15) is 0 Å². The van der Waals surface area contributed by atoms with E-state index in [-0.39, 0.29) is 0 Å². The summed E-state index contributed by atoms with van der Waals surface area (Å²) >= 11 is 6.20. The fraction of sp³-hybridized carbons (Fsp3) is 0.500. The fourth-order valence-electron chi connectivity index (χ4n) is 3.29. The van der Waals surface area contributed by atoms with Crippen molar-refractivity contribution in [3.05, 3.63) is 47.0 Å². The second-order valence-corrected chi connectivity index (χ2v) is 7.06. The number of benzene rings is 1. The lowest BCUT2D eigenvalue weighted by atomic mass is 10.1. The van der Waals surface area contributed by atoms with Crippen molar-refractivity contribution in [3.8, 4) is 0 Å². The molecule has 1 aliphatic heterocycles. The Morgan fingerprint density at radius 1 is 1.33 bits per heavy atom. The van der Waals surface area contributed by atoms with Gasteiger partial charge < -0.3 is 19.9 Å². The van der Waals surface area contributed by atoms with Gasteiger partial charge in [0.2, 0.25) is 0 Å². The largest absolute Gasteiger partial charge is 0.378 e. The van der Waals surface area contributed by atoms with Gasteiger partial charge in [-0.3, -0.25) is 0 Å². The molecule has 0 amide bonds. The maximum atomic E-state index is 6.20. The van der Waals surface area contributed by atoms with Crippen LogP contribution in [0.2, 0.25) is 5.02 Å². The first-order chi connectivity index (χ1) is 11.8. The third-order valence-corrected chi connectivity index (χ3v) is 4.95. The third-order valence-electron chi connectivity index (χ3n) is 4.71. The molecule has 1 atom stereocenters. The maximum Gasteiger partial charge on any atom is 0.0922 e. The van der Waals surface area contributed by atoms with E-state index in [1.807, 2.05) is 12.3 Å². The lowest BCUT2D eigenvalue weighted by Gasteiger charge is -2.32. The normalized spacial score (nSPS) is 20.7. The Balaban J connectivity index is 1.57. The van der Waals surface area contributed by atoms with Crippen LogP contribution in [0.15, 0.2) is 30.7 Å². The number of ether oxygens (including phenoxy) is 1. The molecule has 2 heterocycles. The monoisotopic (exact) mass is 346 g/mol. The second kappa shape index (κ2) is 7.13. The van der Waals surface area contributed by atoms with Crippen LogP contribution < -0.4 is 10.2 Å². The van der Waals surface area contributed by atoms with Gasteiger partial charge in [0.05, 0.1) is 24.7 Å². The van der Waals surface area contributed by atoms with Crippen molar-refractivity contribution in [2.45, 2.75) is 44.5 Å². The van der Waals surface area contributed by atoms with Gasteiger partial charge in [0, 0.05) is 42.6 Å². The highest BCUT2D eigenvalue weighted by molar-refractivity contribution is 6.30.